The number of nitrogens with one attached hydrogen (secondary N) is 1. The number of benzene rings is 1. The van der Waals surface area contributed by atoms with Crippen LogP contribution in [0.3, 0.4) is 0 Å². The maximum Gasteiger partial charge on any atom is 0.389 e. The number of anilines is 1. The Bertz CT molecular complexity index is 558. The Morgan fingerprint density at radius 3 is 2.57 bits per heavy atom. The molecule has 1 aromatic carbocycles. The highest BCUT2D eigenvalue weighted by Gasteiger charge is 2.27. The second-order valence-electron chi connectivity index (χ2n) is 4.64. The van der Waals surface area contributed by atoms with Crippen molar-refractivity contribution in [2.75, 3.05) is 17.6 Å². The molecule has 120 valence electrons. The highest BCUT2D eigenvalue weighted by atomic mass is 32.2. The predicted molar refractivity (Wildman–Crippen MR) is 74.6 cm³/mol. The van der Waals surface area contributed by atoms with Crippen LogP contribution in [0.4, 0.5) is 18.9 Å². The van der Waals surface area contributed by atoms with Gasteiger partial charge in [0.25, 0.3) is 0 Å². The quantitative estimate of drug-likeness (QED) is 0.835. The SMILES string of the molecule is CO[C@@H](C)c1cccc(NS(=O)(=O)CCCC(F)(F)F)c1. The van der Waals surface area contributed by atoms with Crippen LogP contribution in [-0.2, 0) is 14.8 Å². The van der Waals surface area contributed by atoms with Crippen molar-refractivity contribution < 1.29 is 26.3 Å². The molecule has 0 heterocycles. The molecule has 0 saturated carbocycles. The largest absolute Gasteiger partial charge is 0.389 e. The number of hydrogen-bond donors (Lipinski definition) is 1. The fraction of sp³-hybridized carbons (Fsp3) is 0.538. The Labute approximate surface area is 122 Å². The molecule has 0 fully saturated rings. The van der Waals surface area contributed by atoms with E-state index in [1.165, 1.54) is 13.2 Å². The van der Waals surface area contributed by atoms with Crippen LogP contribution in [0.1, 0.15) is 31.4 Å². The third-order valence-electron chi connectivity index (χ3n) is 2.86. The van der Waals surface area contributed by atoms with Gasteiger partial charge in [-0.15, -0.1) is 0 Å². The van der Waals surface area contributed by atoms with Crippen molar-refractivity contribution in [1.29, 1.82) is 0 Å². The predicted octanol–water partition coefficient (Wildman–Crippen LogP) is 3.48. The van der Waals surface area contributed by atoms with Gasteiger partial charge in [-0.25, -0.2) is 8.42 Å². The number of hydrogen-bond acceptors (Lipinski definition) is 3. The van der Waals surface area contributed by atoms with E-state index in [2.05, 4.69) is 4.72 Å². The number of sulfonamides is 1. The number of alkyl halides is 3. The first kappa shape index (κ1) is 17.8. The zero-order chi connectivity index (χ0) is 16.1. The molecule has 1 aromatic rings. The monoisotopic (exact) mass is 325 g/mol. The van der Waals surface area contributed by atoms with Gasteiger partial charge in [0.1, 0.15) is 0 Å². The summed E-state index contributed by atoms with van der Waals surface area (Å²) in [6.45, 7) is 1.80. The van der Waals surface area contributed by atoms with E-state index in [0.29, 0.717) is 5.69 Å². The summed E-state index contributed by atoms with van der Waals surface area (Å²) in [5.74, 6) is -0.573. The summed E-state index contributed by atoms with van der Waals surface area (Å²) in [5, 5.41) is 0. The molecule has 1 atom stereocenters. The standard InChI is InChI=1S/C13H18F3NO3S/c1-10(20-2)11-5-3-6-12(9-11)17-21(18,19)8-4-7-13(14,15)16/h3,5-6,9-10,17H,4,7-8H2,1-2H3/t10-/m0/s1. The molecule has 1 rings (SSSR count). The van der Waals surface area contributed by atoms with Crippen LogP contribution >= 0.6 is 0 Å². The Kier molecular flexibility index (Phi) is 6.03. The molecule has 0 aliphatic carbocycles. The summed E-state index contributed by atoms with van der Waals surface area (Å²) in [7, 11) is -2.27. The van der Waals surface area contributed by atoms with E-state index in [9.17, 15) is 21.6 Å². The number of halogens is 3. The molecule has 0 radical (unpaired) electrons. The zero-order valence-electron chi connectivity index (χ0n) is 11.8. The van der Waals surface area contributed by atoms with Gasteiger partial charge in [-0.1, -0.05) is 12.1 Å². The van der Waals surface area contributed by atoms with Crippen molar-refractivity contribution in [3.8, 4) is 0 Å². The normalized spacial score (nSPS) is 14.0. The third-order valence-corrected chi connectivity index (χ3v) is 4.23. The van der Waals surface area contributed by atoms with Gasteiger partial charge in [0.05, 0.1) is 11.9 Å². The van der Waals surface area contributed by atoms with Crippen LogP contribution in [0.15, 0.2) is 24.3 Å². The Morgan fingerprint density at radius 1 is 1.33 bits per heavy atom. The van der Waals surface area contributed by atoms with E-state index in [1.807, 2.05) is 0 Å². The maximum absolute atomic E-state index is 12.0. The summed E-state index contributed by atoms with van der Waals surface area (Å²) in [6, 6.07) is 6.55. The molecule has 1 N–H and O–H groups in total. The second-order valence-corrected chi connectivity index (χ2v) is 6.48. The number of rotatable bonds is 7. The molecule has 21 heavy (non-hydrogen) atoms. The molecule has 0 saturated heterocycles. The van der Waals surface area contributed by atoms with Crippen molar-refractivity contribution in [1.82, 2.24) is 0 Å². The summed E-state index contributed by atoms with van der Waals surface area (Å²) >= 11 is 0. The molecule has 0 bridgehead atoms. The fourth-order valence-electron chi connectivity index (χ4n) is 1.68. The molecule has 0 amide bonds. The third kappa shape index (κ3) is 6.81. The first-order valence-electron chi connectivity index (χ1n) is 6.33. The lowest BCUT2D eigenvalue weighted by Gasteiger charge is -2.13. The Balaban J connectivity index is 2.67. The lowest BCUT2D eigenvalue weighted by Crippen LogP contribution is -2.19. The van der Waals surface area contributed by atoms with E-state index < -0.39 is 34.8 Å². The lowest BCUT2D eigenvalue weighted by molar-refractivity contribution is -0.134. The van der Waals surface area contributed by atoms with Gasteiger partial charge < -0.3 is 4.74 Å². The van der Waals surface area contributed by atoms with Gasteiger partial charge in [0.2, 0.25) is 10.0 Å². The highest BCUT2D eigenvalue weighted by Crippen LogP contribution is 2.23. The summed E-state index contributed by atoms with van der Waals surface area (Å²) in [4.78, 5) is 0. The molecule has 0 spiro atoms. The van der Waals surface area contributed by atoms with E-state index in [-0.39, 0.29) is 6.10 Å². The minimum Gasteiger partial charge on any atom is -0.377 e. The highest BCUT2D eigenvalue weighted by molar-refractivity contribution is 7.92. The molecule has 8 heteroatoms. The van der Waals surface area contributed by atoms with Gasteiger partial charge in [0.15, 0.2) is 0 Å². The van der Waals surface area contributed by atoms with Crippen LogP contribution in [0, 0.1) is 0 Å². The summed E-state index contributed by atoms with van der Waals surface area (Å²) in [6.07, 6.45) is -6.13. The van der Waals surface area contributed by atoms with Gasteiger partial charge in [-0.2, -0.15) is 13.2 Å². The van der Waals surface area contributed by atoms with E-state index in [4.69, 9.17) is 4.74 Å². The summed E-state index contributed by atoms with van der Waals surface area (Å²) in [5.41, 5.74) is 1.08. The number of ether oxygens (including phenoxy) is 1. The molecule has 0 aromatic heterocycles. The van der Waals surface area contributed by atoms with Crippen LogP contribution in [0.2, 0.25) is 0 Å². The molecular formula is C13H18F3NO3S. The second kappa shape index (κ2) is 7.13. The molecule has 0 aliphatic heterocycles. The minimum absolute atomic E-state index is 0.209. The van der Waals surface area contributed by atoms with Gasteiger partial charge >= 0.3 is 6.18 Å². The molecule has 0 unspecified atom stereocenters. The molecule has 4 nitrogen and oxygen atoms in total. The van der Waals surface area contributed by atoms with Crippen molar-refractivity contribution in [2.24, 2.45) is 0 Å². The van der Waals surface area contributed by atoms with Crippen molar-refractivity contribution in [2.45, 2.75) is 32.0 Å². The molecule has 0 aliphatic rings. The van der Waals surface area contributed by atoms with Crippen molar-refractivity contribution >= 4 is 15.7 Å². The first-order chi connectivity index (χ1) is 9.63. The maximum atomic E-state index is 12.0. The van der Waals surface area contributed by atoms with Crippen LogP contribution in [-0.4, -0.2) is 27.5 Å². The Hall–Kier alpha value is -1.28. The van der Waals surface area contributed by atoms with E-state index >= 15 is 0 Å². The van der Waals surface area contributed by atoms with Crippen molar-refractivity contribution in [3.63, 3.8) is 0 Å². The zero-order valence-corrected chi connectivity index (χ0v) is 12.6. The van der Waals surface area contributed by atoms with Gasteiger partial charge in [-0.3, -0.25) is 4.72 Å². The number of methoxy groups -OCH3 is 1. The van der Waals surface area contributed by atoms with Gasteiger partial charge in [-0.05, 0) is 31.0 Å². The van der Waals surface area contributed by atoms with E-state index in [0.717, 1.165) is 5.56 Å². The van der Waals surface area contributed by atoms with Crippen LogP contribution < -0.4 is 4.72 Å². The van der Waals surface area contributed by atoms with Crippen molar-refractivity contribution in [3.05, 3.63) is 29.8 Å². The fourth-order valence-corrected chi connectivity index (χ4v) is 2.80. The average molecular weight is 325 g/mol. The van der Waals surface area contributed by atoms with Gasteiger partial charge in [0, 0.05) is 19.2 Å². The Morgan fingerprint density at radius 2 is 2.00 bits per heavy atom. The smallest absolute Gasteiger partial charge is 0.377 e. The van der Waals surface area contributed by atoms with Crippen LogP contribution in [0.25, 0.3) is 0 Å². The first-order valence-corrected chi connectivity index (χ1v) is 7.98. The van der Waals surface area contributed by atoms with Crippen LogP contribution in [0.5, 0.6) is 0 Å². The average Bonchev–Trinajstić information content (AvgIpc) is 2.35. The van der Waals surface area contributed by atoms with E-state index in [1.54, 1.807) is 25.1 Å². The minimum atomic E-state index is -4.34. The molecular weight excluding hydrogens is 307 g/mol. The topological polar surface area (TPSA) is 55.4 Å². The summed E-state index contributed by atoms with van der Waals surface area (Å²) < 4.78 is 66.9. The lowest BCUT2D eigenvalue weighted by atomic mass is 10.1.